The minimum Gasteiger partial charge on any atom is -0.469 e. The standard InChI is InChI=1S/C15H17NO2.ClH/c1-11-7-8-12-5-3-4-6-13(12)15(11)16-10-9-14(17)18-2;/h3-8,16H,9-10H2,1-2H3;1H. The molecular weight excluding hydrogens is 262 g/mol. The number of methoxy groups -OCH3 is 1. The molecule has 19 heavy (non-hydrogen) atoms. The summed E-state index contributed by atoms with van der Waals surface area (Å²) in [6.45, 7) is 2.65. The van der Waals surface area contributed by atoms with Gasteiger partial charge in [-0.3, -0.25) is 4.79 Å². The molecule has 0 atom stereocenters. The molecule has 2 aromatic carbocycles. The van der Waals surface area contributed by atoms with E-state index in [4.69, 9.17) is 0 Å². The van der Waals surface area contributed by atoms with Crippen molar-refractivity contribution in [1.82, 2.24) is 0 Å². The number of halogens is 1. The lowest BCUT2D eigenvalue weighted by Crippen LogP contribution is -2.10. The molecule has 0 radical (unpaired) electrons. The fourth-order valence-electron chi connectivity index (χ4n) is 2.01. The lowest BCUT2D eigenvalue weighted by atomic mass is 10.0. The number of carbonyl (C=O) groups is 1. The van der Waals surface area contributed by atoms with Crippen LogP contribution in [-0.2, 0) is 9.53 Å². The Labute approximate surface area is 119 Å². The first-order chi connectivity index (χ1) is 8.72. The Bertz CT molecular complexity index is 569. The maximum atomic E-state index is 11.1. The van der Waals surface area contributed by atoms with Crippen molar-refractivity contribution in [3.63, 3.8) is 0 Å². The molecule has 0 bridgehead atoms. The molecule has 0 fully saturated rings. The van der Waals surface area contributed by atoms with Gasteiger partial charge in [0.15, 0.2) is 0 Å². The fourth-order valence-corrected chi connectivity index (χ4v) is 2.01. The average molecular weight is 280 g/mol. The van der Waals surface area contributed by atoms with E-state index in [1.165, 1.54) is 23.4 Å². The third-order valence-electron chi connectivity index (χ3n) is 3.00. The fraction of sp³-hybridized carbons (Fsp3) is 0.267. The number of hydrogen-bond donors (Lipinski definition) is 1. The zero-order chi connectivity index (χ0) is 13.0. The molecule has 0 spiro atoms. The van der Waals surface area contributed by atoms with Gasteiger partial charge in [0, 0.05) is 17.6 Å². The first-order valence-electron chi connectivity index (χ1n) is 6.01. The van der Waals surface area contributed by atoms with Crippen LogP contribution in [0, 0.1) is 6.92 Å². The third-order valence-corrected chi connectivity index (χ3v) is 3.00. The van der Waals surface area contributed by atoms with E-state index >= 15 is 0 Å². The summed E-state index contributed by atoms with van der Waals surface area (Å²) in [6, 6.07) is 12.4. The highest BCUT2D eigenvalue weighted by Crippen LogP contribution is 2.26. The van der Waals surface area contributed by atoms with Gasteiger partial charge < -0.3 is 10.1 Å². The lowest BCUT2D eigenvalue weighted by molar-refractivity contribution is -0.140. The molecule has 0 heterocycles. The lowest BCUT2D eigenvalue weighted by Gasteiger charge is -2.12. The zero-order valence-corrected chi connectivity index (χ0v) is 11.9. The highest BCUT2D eigenvalue weighted by atomic mass is 35.5. The highest BCUT2D eigenvalue weighted by molar-refractivity contribution is 5.95. The normalized spacial score (nSPS) is 9.79. The largest absolute Gasteiger partial charge is 0.469 e. The van der Waals surface area contributed by atoms with E-state index in [9.17, 15) is 4.79 Å². The minimum absolute atomic E-state index is 0. The van der Waals surface area contributed by atoms with Crippen molar-refractivity contribution < 1.29 is 9.53 Å². The van der Waals surface area contributed by atoms with Crippen LogP contribution < -0.4 is 5.32 Å². The van der Waals surface area contributed by atoms with Gasteiger partial charge in [0.25, 0.3) is 0 Å². The molecule has 0 amide bonds. The highest BCUT2D eigenvalue weighted by Gasteiger charge is 2.05. The van der Waals surface area contributed by atoms with Gasteiger partial charge in [0.1, 0.15) is 0 Å². The van der Waals surface area contributed by atoms with Gasteiger partial charge in [-0.1, -0.05) is 36.4 Å². The summed E-state index contributed by atoms with van der Waals surface area (Å²) in [5.41, 5.74) is 2.27. The van der Waals surface area contributed by atoms with Gasteiger partial charge in [-0.25, -0.2) is 0 Å². The van der Waals surface area contributed by atoms with E-state index < -0.39 is 0 Å². The Hall–Kier alpha value is -1.74. The van der Waals surface area contributed by atoms with E-state index in [1.807, 2.05) is 12.1 Å². The average Bonchev–Trinajstić information content (AvgIpc) is 2.41. The second-order valence-corrected chi connectivity index (χ2v) is 4.23. The molecule has 0 saturated carbocycles. The number of anilines is 1. The van der Waals surface area contributed by atoms with Gasteiger partial charge >= 0.3 is 5.97 Å². The molecule has 0 unspecified atom stereocenters. The summed E-state index contributed by atoms with van der Waals surface area (Å²) in [6.07, 6.45) is 0.374. The number of rotatable bonds is 4. The molecule has 0 aliphatic carbocycles. The summed E-state index contributed by atoms with van der Waals surface area (Å²) in [5, 5.41) is 5.70. The van der Waals surface area contributed by atoms with Crippen molar-refractivity contribution in [3.8, 4) is 0 Å². The van der Waals surface area contributed by atoms with Crippen LogP contribution in [0.2, 0.25) is 0 Å². The molecule has 3 nitrogen and oxygen atoms in total. The molecule has 2 aromatic rings. The van der Waals surface area contributed by atoms with Crippen molar-refractivity contribution >= 4 is 34.8 Å². The molecule has 1 N–H and O–H groups in total. The quantitative estimate of drug-likeness (QED) is 0.870. The molecule has 0 aromatic heterocycles. The first kappa shape index (κ1) is 15.3. The maximum Gasteiger partial charge on any atom is 0.307 e. The van der Waals surface area contributed by atoms with E-state index in [-0.39, 0.29) is 18.4 Å². The van der Waals surface area contributed by atoms with Crippen LogP contribution >= 0.6 is 12.4 Å². The van der Waals surface area contributed by atoms with Gasteiger partial charge in [0.2, 0.25) is 0 Å². The molecule has 2 rings (SSSR count). The number of hydrogen-bond acceptors (Lipinski definition) is 3. The van der Waals surface area contributed by atoms with Crippen molar-refractivity contribution in [1.29, 1.82) is 0 Å². The van der Waals surface area contributed by atoms with E-state index in [2.05, 4.69) is 41.2 Å². The smallest absolute Gasteiger partial charge is 0.307 e. The Balaban J connectivity index is 0.00000180. The van der Waals surface area contributed by atoms with Crippen LogP contribution in [0.25, 0.3) is 10.8 Å². The van der Waals surface area contributed by atoms with Gasteiger partial charge in [-0.15, -0.1) is 12.4 Å². The number of nitrogens with one attached hydrogen (secondary N) is 1. The second-order valence-electron chi connectivity index (χ2n) is 4.23. The van der Waals surface area contributed by atoms with E-state index in [0.717, 1.165) is 5.69 Å². The molecule has 4 heteroatoms. The summed E-state index contributed by atoms with van der Waals surface area (Å²) < 4.78 is 4.63. The predicted molar refractivity (Wildman–Crippen MR) is 81.1 cm³/mol. The predicted octanol–water partition coefficient (Wildman–Crippen LogP) is 3.55. The van der Waals surface area contributed by atoms with Crippen LogP contribution in [0.5, 0.6) is 0 Å². The topological polar surface area (TPSA) is 38.3 Å². The summed E-state index contributed by atoms with van der Waals surface area (Å²) in [5.74, 6) is -0.194. The Morgan fingerprint density at radius 3 is 2.68 bits per heavy atom. The Kier molecular flexibility index (Phi) is 5.64. The van der Waals surface area contributed by atoms with Crippen molar-refractivity contribution in [2.75, 3.05) is 19.0 Å². The molecule has 0 aliphatic heterocycles. The Morgan fingerprint density at radius 1 is 1.21 bits per heavy atom. The van der Waals surface area contributed by atoms with E-state index in [0.29, 0.717) is 13.0 Å². The molecule has 0 saturated heterocycles. The van der Waals surface area contributed by atoms with Crippen LogP contribution in [0.3, 0.4) is 0 Å². The first-order valence-corrected chi connectivity index (χ1v) is 6.01. The van der Waals surface area contributed by atoms with E-state index in [1.54, 1.807) is 0 Å². The van der Waals surface area contributed by atoms with Crippen LogP contribution in [0.4, 0.5) is 5.69 Å². The molecular formula is C15H18ClNO2. The summed E-state index contributed by atoms with van der Waals surface area (Å²) >= 11 is 0. The number of aryl methyl sites for hydroxylation is 1. The Morgan fingerprint density at radius 2 is 1.95 bits per heavy atom. The van der Waals surface area contributed by atoms with Crippen molar-refractivity contribution in [2.45, 2.75) is 13.3 Å². The summed E-state index contributed by atoms with van der Waals surface area (Å²) in [4.78, 5) is 11.1. The minimum atomic E-state index is -0.194. The monoisotopic (exact) mass is 279 g/mol. The van der Waals surface area contributed by atoms with Gasteiger partial charge in [-0.05, 0) is 17.9 Å². The maximum absolute atomic E-state index is 11.1. The third kappa shape index (κ3) is 3.61. The summed E-state index contributed by atoms with van der Waals surface area (Å²) in [7, 11) is 1.41. The number of ether oxygens (including phenoxy) is 1. The molecule has 0 aliphatic rings. The van der Waals surface area contributed by atoms with Crippen LogP contribution in [0.15, 0.2) is 36.4 Å². The van der Waals surface area contributed by atoms with Crippen molar-refractivity contribution in [3.05, 3.63) is 42.0 Å². The van der Waals surface area contributed by atoms with Crippen LogP contribution in [-0.4, -0.2) is 19.6 Å². The van der Waals surface area contributed by atoms with Gasteiger partial charge in [0.05, 0.1) is 13.5 Å². The number of fused-ring (bicyclic) bond motifs is 1. The van der Waals surface area contributed by atoms with Crippen molar-refractivity contribution in [2.24, 2.45) is 0 Å². The van der Waals surface area contributed by atoms with Crippen LogP contribution in [0.1, 0.15) is 12.0 Å². The number of benzene rings is 2. The SMILES string of the molecule is COC(=O)CCNc1c(C)ccc2ccccc12.Cl. The number of esters is 1. The zero-order valence-electron chi connectivity index (χ0n) is 11.1. The number of carbonyl (C=O) groups excluding carboxylic acids is 1. The molecule has 102 valence electrons. The second kappa shape index (κ2) is 7.00. The van der Waals surface area contributed by atoms with Gasteiger partial charge in [-0.2, -0.15) is 0 Å².